The maximum absolute atomic E-state index is 8.61. The maximum atomic E-state index is 8.61. The molecule has 1 rings (SSSR count). The third-order valence-electron chi connectivity index (χ3n) is 3.23. The van der Waals surface area contributed by atoms with E-state index in [9.17, 15) is 0 Å². The number of nitrogens with two attached hydrogens (primary N) is 1. The van der Waals surface area contributed by atoms with Crippen LogP contribution in [0.4, 0.5) is 0 Å². The highest BCUT2D eigenvalue weighted by Crippen LogP contribution is 2.21. The summed E-state index contributed by atoms with van der Waals surface area (Å²) in [6, 6.07) is 2.67. The molecule has 0 aliphatic carbocycles. The van der Waals surface area contributed by atoms with Gasteiger partial charge in [-0.3, -0.25) is 4.90 Å². The highest BCUT2D eigenvalue weighted by molar-refractivity contribution is 4.82. The van der Waals surface area contributed by atoms with E-state index in [0.29, 0.717) is 12.5 Å². The number of likely N-dealkylation sites (tertiary alicyclic amines) is 1. The molecule has 0 radical (unpaired) electrons. The van der Waals surface area contributed by atoms with Crippen LogP contribution in [-0.2, 0) is 0 Å². The van der Waals surface area contributed by atoms with E-state index in [2.05, 4.69) is 17.9 Å². The lowest BCUT2D eigenvalue weighted by Gasteiger charge is -2.35. The van der Waals surface area contributed by atoms with E-state index in [1.807, 2.05) is 0 Å². The van der Waals surface area contributed by atoms with E-state index < -0.39 is 0 Å². The van der Waals surface area contributed by atoms with Crippen LogP contribution in [0.3, 0.4) is 0 Å². The number of piperidine rings is 1. The summed E-state index contributed by atoms with van der Waals surface area (Å²) >= 11 is 0. The summed E-state index contributed by atoms with van der Waals surface area (Å²) in [6.45, 7) is 5.26. The first kappa shape index (κ1) is 11.5. The molecular formula is C11H21N3. The maximum Gasteiger partial charge on any atom is 0.0638 e. The van der Waals surface area contributed by atoms with E-state index >= 15 is 0 Å². The van der Waals surface area contributed by atoms with Crippen LogP contribution in [-0.4, -0.2) is 30.6 Å². The third-order valence-corrected chi connectivity index (χ3v) is 3.23. The van der Waals surface area contributed by atoms with Crippen LogP contribution in [0.1, 0.15) is 32.6 Å². The molecule has 0 spiro atoms. The summed E-state index contributed by atoms with van der Waals surface area (Å²) in [7, 11) is 0. The highest BCUT2D eigenvalue weighted by Gasteiger charge is 2.21. The van der Waals surface area contributed by atoms with Crippen LogP contribution < -0.4 is 5.73 Å². The van der Waals surface area contributed by atoms with E-state index in [0.717, 1.165) is 25.6 Å². The largest absolute Gasteiger partial charge is 0.330 e. The van der Waals surface area contributed by atoms with Crippen LogP contribution in [0.25, 0.3) is 0 Å². The van der Waals surface area contributed by atoms with Crippen LogP contribution in [0, 0.1) is 17.2 Å². The van der Waals surface area contributed by atoms with Crippen molar-refractivity contribution in [2.24, 2.45) is 11.7 Å². The molecule has 3 nitrogen and oxygen atoms in total. The van der Waals surface area contributed by atoms with Gasteiger partial charge in [-0.2, -0.15) is 5.26 Å². The fourth-order valence-corrected chi connectivity index (χ4v) is 2.18. The molecule has 0 bridgehead atoms. The van der Waals surface area contributed by atoms with Gasteiger partial charge in [-0.1, -0.05) is 0 Å². The van der Waals surface area contributed by atoms with Gasteiger partial charge in [-0.25, -0.2) is 0 Å². The van der Waals surface area contributed by atoms with Crippen molar-refractivity contribution in [3.05, 3.63) is 0 Å². The van der Waals surface area contributed by atoms with Gasteiger partial charge in [0.25, 0.3) is 0 Å². The fraction of sp³-hybridized carbons (Fsp3) is 0.909. The van der Waals surface area contributed by atoms with Gasteiger partial charge in [0.15, 0.2) is 0 Å². The molecule has 0 aromatic rings. The van der Waals surface area contributed by atoms with E-state index in [4.69, 9.17) is 11.0 Å². The molecule has 2 N–H and O–H groups in total. The molecule has 0 aromatic heterocycles. The zero-order valence-electron chi connectivity index (χ0n) is 9.08. The summed E-state index contributed by atoms with van der Waals surface area (Å²) in [6.07, 6.45) is 4.34. The van der Waals surface area contributed by atoms with E-state index in [1.54, 1.807) is 0 Å². The Kier molecular flexibility index (Phi) is 4.92. The zero-order valence-corrected chi connectivity index (χ0v) is 9.08. The minimum Gasteiger partial charge on any atom is -0.330 e. The average Bonchev–Trinajstić information content (AvgIpc) is 2.20. The minimum absolute atomic E-state index is 0.429. The molecule has 3 heteroatoms. The van der Waals surface area contributed by atoms with E-state index in [-0.39, 0.29) is 0 Å². The van der Waals surface area contributed by atoms with Gasteiger partial charge >= 0.3 is 0 Å². The lowest BCUT2D eigenvalue weighted by molar-refractivity contribution is 0.140. The molecule has 1 aliphatic rings. The highest BCUT2D eigenvalue weighted by atomic mass is 15.2. The summed E-state index contributed by atoms with van der Waals surface area (Å²) in [5, 5.41) is 8.61. The van der Waals surface area contributed by atoms with Crippen molar-refractivity contribution in [1.82, 2.24) is 4.90 Å². The van der Waals surface area contributed by atoms with Crippen LogP contribution in [0.2, 0.25) is 0 Å². The van der Waals surface area contributed by atoms with Gasteiger partial charge in [0, 0.05) is 6.04 Å². The lowest BCUT2D eigenvalue weighted by Crippen LogP contribution is -2.40. The van der Waals surface area contributed by atoms with Crippen LogP contribution >= 0.6 is 0 Å². The second-order valence-electron chi connectivity index (χ2n) is 4.27. The first-order valence-corrected chi connectivity index (χ1v) is 5.59. The monoisotopic (exact) mass is 195 g/mol. The van der Waals surface area contributed by atoms with Crippen molar-refractivity contribution in [2.45, 2.75) is 38.6 Å². The molecule has 14 heavy (non-hydrogen) atoms. The topological polar surface area (TPSA) is 53.0 Å². The third kappa shape index (κ3) is 3.28. The Labute approximate surface area is 86.9 Å². The molecule has 80 valence electrons. The summed E-state index contributed by atoms with van der Waals surface area (Å²) in [5.74, 6) is 0.825. The molecule has 0 amide bonds. The SMILES string of the molecule is CC(CC#N)N1CCC(CCN)CC1. The number of nitrogens with zero attached hydrogens (tertiary/aromatic N) is 2. The molecular weight excluding hydrogens is 174 g/mol. The Hall–Kier alpha value is -0.590. The van der Waals surface area contributed by atoms with Gasteiger partial charge in [-0.05, 0) is 51.7 Å². The lowest BCUT2D eigenvalue weighted by atomic mass is 9.93. The summed E-state index contributed by atoms with van der Waals surface area (Å²) in [4.78, 5) is 2.43. The molecule has 1 unspecified atom stereocenters. The first-order valence-electron chi connectivity index (χ1n) is 5.59. The van der Waals surface area contributed by atoms with Crippen molar-refractivity contribution in [2.75, 3.05) is 19.6 Å². The molecule has 1 aliphatic heterocycles. The zero-order chi connectivity index (χ0) is 10.4. The van der Waals surface area contributed by atoms with Gasteiger partial charge in [-0.15, -0.1) is 0 Å². The molecule has 1 fully saturated rings. The molecule has 0 saturated carbocycles. The Morgan fingerprint density at radius 1 is 1.50 bits per heavy atom. The Morgan fingerprint density at radius 3 is 2.64 bits per heavy atom. The number of nitriles is 1. The van der Waals surface area contributed by atoms with Gasteiger partial charge in [0.1, 0.15) is 0 Å². The first-order chi connectivity index (χ1) is 6.77. The molecule has 1 saturated heterocycles. The second kappa shape index (κ2) is 6.00. The normalized spacial score (nSPS) is 21.8. The Balaban J connectivity index is 2.25. The minimum atomic E-state index is 0.429. The molecule has 1 atom stereocenters. The van der Waals surface area contributed by atoms with Crippen molar-refractivity contribution >= 4 is 0 Å². The average molecular weight is 195 g/mol. The second-order valence-corrected chi connectivity index (χ2v) is 4.27. The predicted molar refractivity (Wildman–Crippen MR) is 57.7 cm³/mol. The van der Waals surface area contributed by atoms with Gasteiger partial charge < -0.3 is 5.73 Å². The van der Waals surface area contributed by atoms with Gasteiger partial charge in [0.05, 0.1) is 12.5 Å². The Bertz CT molecular complexity index is 189. The quantitative estimate of drug-likeness (QED) is 0.736. The van der Waals surface area contributed by atoms with Crippen molar-refractivity contribution in [1.29, 1.82) is 5.26 Å². The number of hydrogen-bond donors (Lipinski definition) is 1. The summed E-state index contributed by atoms with van der Waals surface area (Å²) < 4.78 is 0. The van der Waals surface area contributed by atoms with Crippen LogP contribution in [0.15, 0.2) is 0 Å². The number of rotatable bonds is 4. The predicted octanol–water partition coefficient (Wildman–Crippen LogP) is 1.35. The molecule has 1 heterocycles. The smallest absolute Gasteiger partial charge is 0.0638 e. The fourth-order valence-electron chi connectivity index (χ4n) is 2.18. The van der Waals surface area contributed by atoms with Crippen molar-refractivity contribution in [3.63, 3.8) is 0 Å². The van der Waals surface area contributed by atoms with Crippen molar-refractivity contribution < 1.29 is 0 Å². The number of hydrogen-bond acceptors (Lipinski definition) is 3. The standard InChI is InChI=1S/C11H21N3/c1-10(2-6-12)14-8-4-11(3-7-13)5-9-14/h10-11H,2-5,7-9,13H2,1H3. The van der Waals surface area contributed by atoms with Crippen LogP contribution in [0.5, 0.6) is 0 Å². The summed E-state index contributed by atoms with van der Waals surface area (Å²) in [5.41, 5.74) is 5.54. The Morgan fingerprint density at radius 2 is 2.14 bits per heavy atom. The van der Waals surface area contributed by atoms with Gasteiger partial charge in [0.2, 0.25) is 0 Å². The molecule has 0 aromatic carbocycles. The van der Waals surface area contributed by atoms with E-state index in [1.165, 1.54) is 19.3 Å². The van der Waals surface area contributed by atoms with Crippen molar-refractivity contribution in [3.8, 4) is 6.07 Å².